The lowest BCUT2D eigenvalue weighted by molar-refractivity contribution is -0.121. The minimum atomic E-state index is -0.390. The molecule has 1 saturated carbocycles. The lowest BCUT2D eigenvalue weighted by atomic mass is 9.86. The van der Waals surface area contributed by atoms with Crippen LogP contribution in [0.5, 0.6) is 0 Å². The number of hydrogen-bond acceptors (Lipinski definition) is 4. The van der Waals surface area contributed by atoms with Crippen molar-refractivity contribution in [3.05, 3.63) is 40.4 Å². The minimum Gasteiger partial charge on any atom is -0.353 e. The smallest absolute Gasteiger partial charge is 0.325 e. The number of nitrogens with one attached hydrogen (secondary N) is 3. The molecule has 1 heterocycles. The number of carbonyl (C=O) groups is 2. The molecule has 2 aromatic rings. The first-order chi connectivity index (χ1) is 13.0. The molecular weight excluding hydrogens is 384 g/mol. The summed E-state index contributed by atoms with van der Waals surface area (Å²) in [6.45, 7) is 2.19. The Morgan fingerprint density at radius 1 is 1.19 bits per heavy atom. The minimum absolute atomic E-state index is 0.0174. The van der Waals surface area contributed by atoms with Crippen LogP contribution in [0.15, 0.2) is 29.6 Å². The topological polar surface area (TPSA) is 83.1 Å². The van der Waals surface area contributed by atoms with Gasteiger partial charge in [-0.05, 0) is 43.0 Å². The zero-order valence-corrected chi connectivity index (χ0v) is 16.7. The van der Waals surface area contributed by atoms with Crippen molar-refractivity contribution in [3.63, 3.8) is 0 Å². The molecule has 144 valence electrons. The van der Waals surface area contributed by atoms with Gasteiger partial charge in [0.15, 0.2) is 5.13 Å². The number of carbonyl (C=O) groups excluding carboxylic acids is 2. The van der Waals surface area contributed by atoms with Crippen LogP contribution in [0.3, 0.4) is 0 Å². The normalized spacial score (nSPS) is 19.3. The van der Waals surface area contributed by atoms with Crippen LogP contribution in [0.2, 0.25) is 5.02 Å². The fourth-order valence-corrected chi connectivity index (χ4v) is 4.02. The highest BCUT2D eigenvalue weighted by Crippen LogP contribution is 2.24. The summed E-state index contributed by atoms with van der Waals surface area (Å²) in [7, 11) is 0. The third kappa shape index (κ3) is 5.94. The second-order valence-electron chi connectivity index (χ2n) is 6.84. The van der Waals surface area contributed by atoms with Gasteiger partial charge in [0.05, 0.1) is 12.1 Å². The monoisotopic (exact) mass is 406 g/mol. The standard InChI is InChI=1S/C19H23ClN4O2S/c1-12-4-2-3-5-16(12)23-17(25)10-15-11-27-19(22-15)24-18(26)21-14-8-6-13(20)7-9-14/h6-9,11-12,16H,2-5,10H2,1H3,(H,23,25)(H2,21,22,24,26). The molecule has 3 amide bonds. The Bertz CT molecular complexity index is 793. The van der Waals surface area contributed by atoms with E-state index < -0.39 is 6.03 Å². The van der Waals surface area contributed by atoms with Crippen molar-refractivity contribution >= 4 is 45.7 Å². The molecule has 3 N–H and O–H groups in total. The second-order valence-corrected chi connectivity index (χ2v) is 8.14. The number of urea groups is 1. The van der Waals surface area contributed by atoms with Crippen LogP contribution in [0, 0.1) is 5.92 Å². The Kier molecular flexibility index (Phi) is 6.68. The molecule has 1 aromatic heterocycles. The van der Waals surface area contributed by atoms with E-state index in [-0.39, 0.29) is 18.4 Å². The highest BCUT2D eigenvalue weighted by molar-refractivity contribution is 7.14. The number of nitrogens with zero attached hydrogens (tertiary/aromatic N) is 1. The highest BCUT2D eigenvalue weighted by Gasteiger charge is 2.23. The Labute approximate surface area is 167 Å². The predicted octanol–water partition coefficient (Wildman–Crippen LogP) is 4.68. The number of amides is 3. The first-order valence-corrected chi connectivity index (χ1v) is 10.3. The molecule has 1 aliphatic rings. The summed E-state index contributed by atoms with van der Waals surface area (Å²) in [6.07, 6.45) is 4.84. The molecule has 3 rings (SSSR count). The molecule has 0 radical (unpaired) electrons. The molecule has 1 aliphatic carbocycles. The van der Waals surface area contributed by atoms with E-state index in [0.717, 1.165) is 6.42 Å². The van der Waals surface area contributed by atoms with E-state index in [0.29, 0.717) is 27.5 Å². The fraction of sp³-hybridized carbons (Fsp3) is 0.421. The van der Waals surface area contributed by atoms with Gasteiger partial charge >= 0.3 is 6.03 Å². The van der Waals surface area contributed by atoms with E-state index in [2.05, 4.69) is 27.9 Å². The van der Waals surface area contributed by atoms with Crippen LogP contribution in [0.4, 0.5) is 15.6 Å². The molecule has 0 bridgehead atoms. The first kappa shape index (κ1) is 19.6. The summed E-state index contributed by atoms with van der Waals surface area (Å²) in [5, 5.41) is 11.4. The molecule has 1 aromatic carbocycles. The number of halogens is 1. The van der Waals surface area contributed by atoms with Gasteiger partial charge in [0.2, 0.25) is 5.91 Å². The van der Waals surface area contributed by atoms with Crippen LogP contribution >= 0.6 is 22.9 Å². The average Bonchev–Trinajstić information content (AvgIpc) is 3.05. The van der Waals surface area contributed by atoms with Gasteiger partial charge in [-0.3, -0.25) is 10.1 Å². The Balaban J connectivity index is 1.48. The summed E-state index contributed by atoms with van der Waals surface area (Å²) in [4.78, 5) is 28.6. The van der Waals surface area contributed by atoms with Crippen molar-refractivity contribution in [1.29, 1.82) is 0 Å². The van der Waals surface area contributed by atoms with Crippen LogP contribution in [0.25, 0.3) is 0 Å². The van der Waals surface area contributed by atoms with Crippen molar-refractivity contribution in [2.75, 3.05) is 10.6 Å². The molecule has 2 atom stereocenters. The molecule has 0 saturated heterocycles. The SMILES string of the molecule is CC1CCCCC1NC(=O)Cc1csc(NC(=O)Nc2ccc(Cl)cc2)n1. The average molecular weight is 407 g/mol. The van der Waals surface area contributed by atoms with Crippen molar-refractivity contribution in [3.8, 4) is 0 Å². The highest BCUT2D eigenvalue weighted by atomic mass is 35.5. The second kappa shape index (κ2) is 9.19. The Morgan fingerprint density at radius 3 is 2.67 bits per heavy atom. The van der Waals surface area contributed by atoms with Crippen molar-refractivity contribution < 1.29 is 9.59 Å². The quantitative estimate of drug-likeness (QED) is 0.674. The number of hydrogen-bond donors (Lipinski definition) is 3. The molecule has 27 heavy (non-hydrogen) atoms. The van der Waals surface area contributed by atoms with Crippen LogP contribution in [-0.2, 0) is 11.2 Å². The first-order valence-electron chi connectivity index (χ1n) is 9.07. The molecular formula is C19H23ClN4O2S. The largest absolute Gasteiger partial charge is 0.353 e. The van der Waals surface area contributed by atoms with E-state index in [4.69, 9.17) is 11.6 Å². The van der Waals surface area contributed by atoms with Gasteiger partial charge in [0.25, 0.3) is 0 Å². The van der Waals surface area contributed by atoms with Gasteiger partial charge in [0.1, 0.15) is 0 Å². The van der Waals surface area contributed by atoms with E-state index in [1.165, 1.54) is 30.6 Å². The molecule has 0 spiro atoms. The molecule has 2 unspecified atom stereocenters. The van der Waals surface area contributed by atoms with Crippen molar-refractivity contribution in [2.45, 2.75) is 45.1 Å². The van der Waals surface area contributed by atoms with E-state index in [9.17, 15) is 9.59 Å². The lowest BCUT2D eigenvalue weighted by Crippen LogP contribution is -2.41. The summed E-state index contributed by atoms with van der Waals surface area (Å²) in [5.41, 5.74) is 1.29. The van der Waals surface area contributed by atoms with Gasteiger partial charge in [-0.25, -0.2) is 9.78 Å². The molecule has 0 aliphatic heterocycles. The van der Waals surface area contributed by atoms with Gasteiger partial charge in [-0.15, -0.1) is 11.3 Å². The van der Waals surface area contributed by atoms with Gasteiger partial charge in [-0.2, -0.15) is 0 Å². The molecule has 1 fully saturated rings. The predicted molar refractivity (Wildman–Crippen MR) is 109 cm³/mol. The number of thiazole rings is 1. The third-order valence-corrected chi connectivity index (χ3v) is 5.73. The van der Waals surface area contributed by atoms with E-state index in [1.807, 2.05) is 0 Å². The summed E-state index contributed by atoms with van der Waals surface area (Å²) >= 11 is 7.12. The number of anilines is 2. The molecule has 6 nitrogen and oxygen atoms in total. The maximum atomic E-state index is 12.3. The van der Waals surface area contributed by atoms with E-state index in [1.54, 1.807) is 29.6 Å². The fourth-order valence-electron chi connectivity index (χ4n) is 3.19. The van der Waals surface area contributed by atoms with E-state index >= 15 is 0 Å². The summed E-state index contributed by atoms with van der Waals surface area (Å²) in [5.74, 6) is 0.503. The molecule has 8 heteroatoms. The third-order valence-electron chi connectivity index (χ3n) is 4.67. The van der Waals surface area contributed by atoms with Gasteiger partial charge in [-0.1, -0.05) is 31.4 Å². The van der Waals surface area contributed by atoms with Crippen molar-refractivity contribution in [1.82, 2.24) is 10.3 Å². The Morgan fingerprint density at radius 2 is 1.93 bits per heavy atom. The van der Waals surface area contributed by atoms with Crippen LogP contribution in [0.1, 0.15) is 38.3 Å². The van der Waals surface area contributed by atoms with Crippen LogP contribution < -0.4 is 16.0 Å². The zero-order valence-electron chi connectivity index (χ0n) is 15.1. The Hall–Kier alpha value is -2.12. The number of aromatic nitrogens is 1. The van der Waals surface area contributed by atoms with Gasteiger partial charge in [0, 0.05) is 22.1 Å². The van der Waals surface area contributed by atoms with Crippen LogP contribution in [-0.4, -0.2) is 23.0 Å². The number of benzene rings is 1. The van der Waals surface area contributed by atoms with Crippen molar-refractivity contribution in [2.24, 2.45) is 5.92 Å². The van der Waals surface area contributed by atoms with Gasteiger partial charge < -0.3 is 10.6 Å². The summed E-state index contributed by atoms with van der Waals surface area (Å²) < 4.78 is 0. The maximum absolute atomic E-state index is 12.3. The summed E-state index contributed by atoms with van der Waals surface area (Å²) in [6, 6.07) is 6.69. The number of rotatable bonds is 5. The maximum Gasteiger partial charge on any atom is 0.325 e. The zero-order chi connectivity index (χ0) is 19.2. The lowest BCUT2D eigenvalue weighted by Gasteiger charge is -2.29.